The highest BCUT2D eigenvalue weighted by Crippen LogP contribution is 2.15. The van der Waals surface area contributed by atoms with Crippen molar-refractivity contribution >= 4 is 21.6 Å². The van der Waals surface area contributed by atoms with E-state index in [0.29, 0.717) is 5.69 Å². The van der Waals surface area contributed by atoms with Gasteiger partial charge in [0.15, 0.2) is 0 Å². The highest BCUT2D eigenvalue weighted by atomic mass is 32.2. The Balaban J connectivity index is 2.82. The maximum absolute atomic E-state index is 12.0. The van der Waals surface area contributed by atoms with E-state index in [1.807, 2.05) is 13.8 Å². The Kier molecular flexibility index (Phi) is 5.88. The summed E-state index contributed by atoms with van der Waals surface area (Å²) in [6.45, 7) is 7.22. The van der Waals surface area contributed by atoms with Crippen molar-refractivity contribution in [3.63, 3.8) is 0 Å². The number of nitrogens with two attached hydrogens (primary N) is 1. The number of sulfonamides is 1. The summed E-state index contributed by atoms with van der Waals surface area (Å²) in [4.78, 5) is 12.0. The number of nitrogens with one attached hydrogen (secondary N) is 2. The van der Waals surface area contributed by atoms with Gasteiger partial charge < -0.3 is 11.1 Å². The number of anilines is 1. The van der Waals surface area contributed by atoms with Crippen molar-refractivity contribution in [3.8, 4) is 0 Å². The highest BCUT2D eigenvalue weighted by molar-refractivity contribution is 7.89. The smallest absolute Gasteiger partial charge is 0.241 e. The summed E-state index contributed by atoms with van der Waals surface area (Å²) < 4.78 is 26.4. The first-order valence-electron chi connectivity index (χ1n) is 6.82. The average molecular weight is 313 g/mol. The first-order valence-corrected chi connectivity index (χ1v) is 8.30. The Morgan fingerprint density at radius 1 is 1.10 bits per heavy atom. The van der Waals surface area contributed by atoms with Crippen LogP contribution in [0.15, 0.2) is 29.2 Å². The Labute approximate surface area is 126 Å². The average Bonchev–Trinajstić information content (AvgIpc) is 2.36. The van der Waals surface area contributed by atoms with Gasteiger partial charge in [-0.1, -0.05) is 13.8 Å². The second-order valence-electron chi connectivity index (χ2n) is 5.56. The summed E-state index contributed by atoms with van der Waals surface area (Å²) in [6, 6.07) is 5.19. The summed E-state index contributed by atoms with van der Waals surface area (Å²) in [5.41, 5.74) is 6.26. The molecular formula is C14H23N3O3S. The maximum atomic E-state index is 12.0. The molecule has 0 heterocycles. The molecule has 1 aromatic carbocycles. The van der Waals surface area contributed by atoms with Crippen molar-refractivity contribution < 1.29 is 13.2 Å². The quantitative estimate of drug-likeness (QED) is 0.736. The molecule has 0 aliphatic carbocycles. The summed E-state index contributed by atoms with van der Waals surface area (Å²) in [5.74, 6) is -0.263. The summed E-state index contributed by atoms with van der Waals surface area (Å²) in [7, 11) is -3.52. The predicted octanol–water partition coefficient (Wildman–Crippen LogP) is 1.30. The maximum Gasteiger partial charge on any atom is 0.241 e. The normalized spacial score (nSPS) is 13.5. The zero-order valence-electron chi connectivity index (χ0n) is 12.8. The minimum atomic E-state index is -3.52. The lowest BCUT2D eigenvalue weighted by Crippen LogP contribution is -2.39. The Morgan fingerprint density at radius 3 is 2.05 bits per heavy atom. The molecule has 0 saturated carbocycles. The predicted molar refractivity (Wildman–Crippen MR) is 83.3 cm³/mol. The van der Waals surface area contributed by atoms with Gasteiger partial charge in [-0.05, 0) is 44.0 Å². The number of hydrogen-bond donors (Lipinski definition) is 3. The van der Waals surface area contributed by atoms with Crippen LogP contribution in [0.2, 0.25) is 0 Å². The lowest BCUT2D eigenvalue weighted by molar-refractivity contribution is -0.118. The van der Waals surface area contributed by atoms with Crippen LogP contribution < -0.4 is 15.8 Å². The molecule has 0 saturated heterocycles. The molecular weight excluding hydrogens is 290 g/mol. The second-order valence-corrected chi connectivity index (χ2v) is 7.27. The van der Waals surface area contributed by atoms with Gasteiger partial charge in [-0.25, -0.2) is 13.1 Å². The van der Waals surface area contributed by atoms with Crippen LogP contribution in [0.5, 0.6) is 0 Å². The van der Waals surface area contributed by atoms with Crippen molar-refractivity contribution in [2.75, 3.05) is 5.32 Å². The number of carbonyl (C=O) groups excluding carboxylic acids is 1. The van der Waals surface area contributed by atoms with E-state index in [4.69, 9.17) is 5.73 Å². The van der Waals surface area contributed by atoms with Gasteiger partial charge in [0.1, 0.15) is 0 Å². The van der Waals surface area contributed by atoms with Gasteiger partial charge in [-0.15, -0.1) is 0 Å². The molecule has 21 heavy (non-hydrogen) atoms. The van der Waals surface area contributed by atoms with Crippen LogP contribution in [-0.4, -0.2) is 26.4 Å². The highest BCUT2D eigenvalue weighted by Gasteiger charge is 2.18. The molecule has 0 radical (unpaired) electrons. The zero-order chi connectivity index (χ0) is 16.2. The van der Waals surface area contributed by atoms with Crippen molar-refractivity contribution in [1.29, 1.82) is 0 Å². The number of hydrogen-bond acceptors (Lipinski definition) is 4. The van der Waals surface area contributed by atoms with E-state index in [1.165, 1.54) is 12.1 Å². The van der Waals surface area contributed by atoms with Gasteiger partial charge in [-0.2, -0.15) is 0 Å². The molecule has 0 fully saturated rings. The lowest BCUT2D eigenvalue weighted by atomic mass is 10.1. The molecule has 118 valence electrons. The van der Waals surface area contributed by atoms with Gasteiger partial charge in [0.25, 0.3) is 0 Å². The minimum Gasteiger partial charge on any atom is -0.325 e. The molecule has 4 N–H and O–H groups in total. The van der Waals surface area contributed by atoms with Gasteiger partial charge in [0.2, 0.25) is 15.9 Å². The van der Waals surface area contributed by atoms with Crippen LogP contribution in [-0.2, 0) is 14.8 Å². The topological polar surface area (TPSA) is 101 Å². The second kappa shape index (κ2) is 7.02. The third-order valence-electron chi connectivity index (χ3n) is 2.84. The van der Waals surface area contributed by atoms with Gasteiger partial charge in [0, 0.05) is 11.7 Å². The first kappa shape index (κ1) is 17.6. The SMILES string of the molecule is CC(C)NS(=O)(=O)c1ccc(NC(=O)[C@H](N)C(C)C)cc1. The van der Waals surface area contributed by atoms with E-state index in [-0.39, 0.29) is 22.8 Å². The van der Waals surface area contributed by atoms with Crippen molar-refractivity contribution in [1.82, 2.24) is 4.72 Å². The fourth-order valence-corrected chi connectivity index (χ4v) is 2.88. The molecule has 0 aliphatic rings. The monoisotopic (exact) mass is 313 g/mol. The van der Waals surface area contributed by atoms with Crippen LogP contribution in [0, 0.1) is 5.92 Å². The number of rotatable bonds is 6. The van der Waals surface area contributed by atoms with Crippen LogP contribution in [0.25, 0.3) is 0 Å². The van der Waals surface area contributed by atoms with Gasteiger partial charge in [-0.3, -0.25) is 4.79 Å². The third-order valence-corrected chi connectivity index (χ3v) is 4.52. The molecule has 1 rings (SSSR count). The van der Waals surface area contributed by atoms with E-state index in [1.54, 1.807) is 26.0 Å². The largest absolute Gasteiger partial charge is 0.325 e. The third kappa shape index (κ3) is 5.11. The fraction of sp³-hybridized carbons (Fsp3) is 0.500. The van der Waals surface area contributed by atoms with E-state index >= 15 is 0 Å². The minimum absolute atomic E-state index is 0.0277. The van der Waals surface area contributed by atoms with Gasteiger partial charge >= 0.3 is 0 Å². The van der Waals surface area contributed by atoms with Crippen LogP contribution >= 0.6 is 0 Å². The molecule has 0 aromatic heterocycles. The van der Waals surface area contributed by atoms with Crippen LogP contribution in [0.3, 0.4) is 0 Å². The first-order chi connectivity index (χ1) is 9.63. The van der Waals surface area contributed by atoms with Crippen LogP contribution in [0.1, 0.15) is 27.7 Å². The number of carbonyl (C=O) groups is 1. The van der Waals surface area contributed by atoms with Crippen molar-refractivity contribution in [3.05, 3.63) is 24.3 Å². The standard InChI is InChI=1S/C14H23N3O3S/c1-9(2)13(15)14(18)16-11-5-7-12(8-6-11)21(19,20)17-10(3)4/h5-10,13,17H,15H2,1-4H3,(H,16,18)/t13-/m1/s1. The van der Waals surface area contributed by atoms with E-state index in [0.717, 1.165) is 0 Å². The Morgan fingerprint density at radius 2 is 1.62 bits per heavy atom. The summed E-state index contributed by atoms with van der Waals surface area (Å²) in [6.07, 6.45) is 0. The zero-order valence-corrected chi connectivity index (χ0v) is 13.6. The van der Waals surface area contributed by atoms with E-state index in [9.17, 15) is 13.2 Å². The summed E-state index contributed by atoms with van der Waals surface area (Å²) >= 11 is 0. The van der Waals surface area contributed by atoms with Crippen LogP contribution in [0.4, 0.5) is 5.69 Å². The molecule has 0 bridgehead atoms. The number of benzene rings is 1. The molecule has 6 nitrogen and oxygen atoms in total. The van der Waals surface area contributed by atoms with E-state index in [2.05, 4.69) is 10.0 Å². The molecule has 0 unspecified atom stereocenters. The molecule has 1 amide bonds. The Bertz CT molecular complexity index is 580. The van der Waals surface area contributed by atoms with Gasteiger partial charge in [0.05, 0.1) is 10.9 Å². The fourth-order valence-electron chi connectivity index (χ4n) is 1.62. The Hall–Kier alpha value is -1.44. The molecule has 7 heteroatoms. The molecule has 1 atom stereocenters. The molecule has 0 aliphatic heterocycles. The number of amides is 1. The lowest BCUT2D eigenvalue weighted by Gasteiger charge is -2.15. The molecule has 0 spiro atoms. The molecule has 1 aromatic rings. The van der Waals surface area contributed by atoms with Crippen molar-refractivity contribution in [2.24, 2.45) is 11.7 Å². The van der Waals surface area contributed by atoms with Crippen molar-refractivity contribution in [2.45, 2.75) is 44.7 Å². The van der Waals surface area contributed by atoms with E-state index < -0.39 is 16.1 Å². The summed E-state index contributed by atoms with van der Waals surface area (Å²) in [5, 5.41) is 2.66.